The molecular weight excluding hydrogens is 258 g/mol. The van der Waals surface area contributed by atoms with E-state index in [2.05, 4.69) is 0 Å². The minimum absolute atomic E-state index is 0.262. The van der Waals surface area contributed by atoms with E-state index in [9.17, 15) is 5.11 Å². The van der Waals surface area contributed by atoms with Crippen LogP contribution >= 0.6 is 11.3 Å². The number of furan rings is 1. The molecule has 3 nitrogen and oxygen atoms in total. The molecule has 3 aromatic rings. The second-order valence-corrected chi connectivity index (χ2v) is 6.01. The zero-order valence-electron chi connectivity index (χ0n) is 10.3. The van der Waals surface area contributed by atoms with Crippen LogP contribution in [-0.4, -0.2) is 10.1 Å². The molecule has 96 valence electrons. The highest BCUT2D eigenvalue weighted by Gasteiger charge is 2.18. The topological polar surface area (TPSA) is 46.3 Å². The molecule has 0 aliphatic heterocycles. The van der Waals surface area contributed by atoms with Gasteiger partial charge in [0.1, 0.15) is 11.3 Å². The van der Waals surface area contributed by atoms with Crippen molar-refractivity contribution in [3.05, 3.63) is 34.8 Å². The molecule has 0 amide bonds. The monoisotopic (exact) mass is 271 g/mol. The van der Waals surface area contributed by atoms with E-state index in [0.29, 0.717) is 0 Å². The highest BCUT2D eigenvalue weighted by Crippen LogP contribution is 2.35. The summed E-state index contributed by atoms with van der Waals surface area (Å²) in [5, 5.41) is 11.4. The first kappa shape index (κ1) is 11.1. The maximum absolute atomic E-state index is 9.49. The number of thiazole rings is 1. The second kappa shape index (κ2) is 4.10. The SMILES string of the molecule is Oc1ccc2oc(-c3nc4c(s3)CCCC4)cc2c1. The number of aromatic hydroxyl groups is 1. The number of phenols is 1. The van der Waals surface area contributed by atoms with Crippen LogP contribution in [0.5, 0.6) is 5.75 Å². The highest BCUT2D eigenvalue weighted by molar-refractivity contribution is 7.15. The number of hydrogen-bond acceptors (Lipinski definition) is 4. The van der Waals surface area contributed by atoms with Gasteiger partial charge >= 0.3 is 0 Å². The molecule has 1 N–H and O–H groups in total. The Labute approximate surface area is 114 Å². The van der Waals surface area contributed by atoms with Crippen LogP contribution in [0.2, 0.25) is 0 Å². The molecule has 1 aliphatic carbocycles. The number of nitrogens with zero attached hydrogens (tertiary/aromatic N) is 1. The fourth-order valence-electron chi connectivity index (χ4n) is 2.59. The number of rotatable bonds is 1. The third-order valence-electron chi connectivity index (χ3n) is 3.56. The van der Waals surface area contributed by atoms with E-state index in [-0.39, 0.29) is 5.75 Å². The first-order valence-electron chi connectivity index (χ1n) is 6.51. The van der Waals surface area contributed by atoms with E-state index in [1.54, 1.807) is 29.5 Å². The molecule has 19 heavy (non-hydrogen) atoms. The summed E-state index contributed by atoms with van der Waals surface area (Å²) in [4.78, 5) is 6.11. The van der Waals surface area contributed by atoms with Gasteiger partial charge in [0.2, 0.25) is 0 Å². The summed E-state index contributed by atoms with van der Waals surface area (Å²) >= 11 is 1.74. The van der Waals surface area contributed by atoms with Gasteiger partial charge in [0.15, 0.2) is 10.8 Å². The molecule has 0 unspecified atom stereocenters. The highest BCUT2D eigenvalue weighted by atomic mass is 32.1. The van der Waals surface area contributed by atoms with Crippen molar-refractivity contribution in [2.24, 2.45) is 0 Å². The zero-order chi connectivity index (χ0) is 12.8. The maximum atomic E-state index is 9.49. The Kier molecular flexibility index (Phi) is 2.38. The van der Waals surface area contributed by atoms with Crippen LogP contribution in [0.15, 0.2) is 28.7 Å². The Balaban J connectivity index is 1.83. The number of phenolic OH excluding ortho intramolecular Hbond substituents is 1. The first-order chi connectivity index (χ1) is 9.29. The number of fused-ring (bicyclic) bond motifs is 2. The van der Waals surface area contributed by atoms with Crippen molar-refractivity contribution in [3.63, 3.8) is 0 Å². The van der Waals surface area contributed by atoms with Gasteiger partial charge in [-0.25, -0.2) is 4.98 Å². The lowest BCUT2D eigenvalue weighted by Gasteiger charge is -2.06. The van der Waals surface area contributed by atoms with Crippen LogP contribution in [0.1, 0.15) is 23.4 Å². The van der Waals surface area contributed by atoms with Crippen molar-refractivity contribution in [2.45, 2.75) is 25.7 Å². The molecule has 0 atom stereocenters. The predicted octanol–water partition coefficient (Wildman–Crippen LogP) is 4.14. The third kappa shape index (κ3) is 1.83. The number of benzene rings is 1. The lowest BCUT2D eigenvalue weighted by atomic mass is 10.0. The van der Waals surface area contributed by atoms with E-state index in [0.717, 1.165) is 34.6 Å². The van der Waals surface area contributed by atoms with Crippen LogP contribution in [0.3, 0.4) is 0 Å². The zero-order valence-corrected chi connectivity index (χ0v) is 11.2. The van der Waals surface area contributed by atoms with Gasteiger partial charge in [0.25, 0.3) is 0 Å². The molecule has 2 aromatic heterocycles. The van der Waals surface area contributed by atoms with Crippen LogP contribution in [-0.2, 0) is 12.8 Å². The lowest BCUT2D eigenvalue weighted by Crippen LogP contribution is -1.98. The average molecular weight is 271 g/mol. The summed E-state index contributed by atoms with van der Waals surface area (Å²) in [5.41, 5.74) is 2.04. The van der Waals surface area contributed by atoms with E-state index in [4.69, 9.17) is 9.40 Å². The van der Waals surface area contributed by atoms with Crippen molar-refractivity contribution in [1.82, 2.24) is 4.98 Å². The molecule has 1 aromatic carbocycles. The van der Waals surface area contributed by atoms with Gasteiger partial charge in [0.05, 0.1) is 5.69 Å². The van der Waals surface area contributed by atoms with Crippen molar-refractivity contribution in [2.75, 3.05) is 0 Å². The summed E-state index contributed by atoms with van der Waals surface area (Å²) in [6.07, 6.45) is 4.74. The van der Waals surface area contributed by atoms with Gasteiger partial charge in [0, 0.05) is 10.3 Å². The number of aryl methyl sites for hydroxylation is 2. The molecule has 0 spiro atoms. The summed E-state index contributed by atoms with van der Waals surface area (Å²) in [6, 6.07) is 7.11. The predicted molar refractivity (Wildman–Crippen MR) is 75.6 cm³/mol. The molecule has 2 heterocycles. The van der Waals surface area contributed by atoms with Gasteiger partial charge in [-0.3, -0.25) is 0 Å². The summed E-state index contributed by atoms with van der Waals surface area (Å²) in [6.45, 7) is 0. The summed E-state index contributed by atoms with van der Waals surface area (Å²) in [7, 11) is 0. The average Bonchev–Trinajstić information content (AvgIpc) is 3.00. The van der Waals surface area contributed by atoms with E-state index < -0.39 is 0 Å². The van der Waals surface area contributed by atoms with Crippen LogP contribution in [0.4, 0.5) is 0 Å². The van der Waals surface area contributed by atoms with Gasteiger partial charge in [-0.05, 0) is 49.9 Å². The fourth-order valence-corrected chi connectivity index (χ4v) is 3.70. The smallest absolute Gasteiger partial charge is 0.164 e. The molecule has 4 rings (SSSR count). The molecule has 0 saturated heterocycles. The number of hydrogen-bond donors (Lipinski definition) is 1. The first-order valence-corrected chi connectivity index (χ1v) is 7.33. The Morgan fingerprint density at radius 1 is 1.16 bits per heavy atom. The van der Waals surface area contributed by atoms with Gasteiger partial charge in [-0.1, -0.05) is 0 Å². The minimum atomic E-state index is 0.262. The Morgan fingerprint density at radius 3 is 2.95 bits per heavy atom. The van der Waals surface area contributed by atoms with Gasteiger partial charge in [-0.2, -0.15) is 0 Å². The van der Waals surface area contributed by atoms with E-state index in [1.165, 1.54) is 23.4 Å². The molecule has 0 radical (unpaired) electrons. The molecule has 0 bridgehead atoms. The van der Waals surface area contributed by atoms with E-state index >= 15 is 0 Å². The largest absolute Gasteiger partial charge is 0.508 e. The minimum Gasteiger partial charge on any atom is -0.508 e. The molecule has 4 heteroatoms. The molecule has 1 aliphatic rings. The Bertz CT molecular complexity index is 733. The normalized spacial score (nSPS) is 14.7. The van der Waals surface area contributed by atoms with Crippen molar-refractivity contribution < 1.29 is 9.52 Å². The third-order valence-corrected chi connectivity index (χ3v) is 4.73. The Morgan fingerprint density at radius 2 is 2.05 bits per heavy atom. The van der Waals surface area contributed by atoms with E-state index in [1.807, 2.05) is 6.07 Å². The maximum Gasteiger partial charge on any atom is 0.164 e. The molecule has 0 fully saturated rings. The number of aromatic nitrogens is 1. The van der Waals surface area contributed by atoms with Crippen LogP contribution in [0, 0.1) is 0 Å². The lowest BCUT2D eigenvalue weighted by molar-refractivity contribution is 0.476. The van der Waals surface area contributed by atoms with Gasteiger partial charge in [-0.15, -0.1) is 11.3 Å². The summed E-state index contributed by atoms with van der Waals surface area (Å²) in [5.74, 6) is 1.07. The molecular formula is C15H13NO2S. The van der Waals surface area contributed by atoms with Crippen molar-refractivity contribution >= 4 is 22.3 Å². The fraction of sp³-hybridized carbons (Fsp3) is 0.267. The second-order valence-electron chi connectivity index (χ2n) is 4.93. The van der Waals surface area contributed by atoms with Crippen molar-refractivity contribution in [1.29, 1.82) is 0 Å². The quantitative estimate of drug-likeness (QED) is 0.723. The standard InChI is InChI=1S/C15H13NO2S/c17-10-5-6-12-9(7-10)8-13(18-12)15-16-11-3-1-2-4-14(11)19-15/h5-8,17H,1-4H2. The van der Waals surface area contributed by atoms with Crippen LogP contribution in [0.25, 0.3) is 21.7 Å². The molecule has 0 saturated carbocycles. The van der Waals surface area contributed by atoms with Crippen molar-refractivity contribution in [3.8, 4) is 16.5 Å². The summed E-state index contributed by atoms with van der Waals surface area (Å²) < 4.78 is 5.82. The van der Waals surface area contributed by atoms with Gasteiger partial charge < -0.3 is 9.52 Å². The Hall–Kier alpha value is -1.81. The van der Waals surface area contributed by atoms with Crippen LogP contribution < -0.4 is 0 Å².